The van der Waals surface area contributed by atoms with Crippen molar-refractivity contribution in [3.63, 3.8) is 0 Å². The largest absolute Gasteiger partial charge is 0.464 e. The van der Waals surface area contributed by atoms with Crippen molar-refractivity contribution in [3.05, 3.63) is 43.7 Å². The zero-order valence-corrected chi connectivity index (χ0v) is 15.1. The van der Waals surface area contributed by atoms with Crippen LogP contribution in [0.4, 0.5) is 0 Å². The highest BCUT2D eigenvalue weighted by Crippen LogP contribution is 2.28. The highest BCUT2D eigenvalue weighted by Gasteiger charge is 2.24. The summed E-state index contributed by atoms with van der Waals surface area (Å²) >= 11 is 5.61. The summed E-state index contributed by atoms with van der Waals surface area (Å²) in [5.41, 5.74) is 2.28. The molecular formula is C14H14BrIN2O2. The number of carbonyl (C=O) groups is 1. The van der Waals surface area contributed by atoms with Gasteiger partial charge in [-0.3, -0.25) is 0 Å². The number of methoxy groups -OCH3 is 1. The molecular weight excluding hydrogens is 435 g/mol. The molecule has 0 saturated carbocycles. The molecule has 0 bridgehead atoms. The SMILES string of the molecule is COC(=O)c1nn(-c2cccc(Br)c2)c(C(C)C)c1I. The topological polar surface area (TPSA) is 44.1 Å². The third-order valence-electron chi connectivity index (χ3n) is 2.84. The zero-order chi connectivity index (χ0) is 14.9. The molecule has 0 fully saturated rings. The van der Waals surface area contributed by atoms with Gasteiger partial charge in [-0.05, 0) is 46.7 Å². The molecule has 1 heterocycles. The average molecular weight is 449 g/mol. The van der Waals surface area contributed by atoms with E-state index in [2.05, 4.69) is 57.5 Å². The second-order valence-electron chi connectivity index (χ2n) is 4.59. The first-order valence-electron chi connectivity index (χ1n) is 6.08. The first kappa shape index (κ1) is 15.5. The fourth-order valence-electron chi connectivity index (χ4n) is 1.94. The predicted molar refractivity (Wildman–Crippen MR) is 89.4 cm³/mol. The van der Waals surface area contributed by atoms with Crippen LogP contribution in [0.2, 0.25) is 0 Å². The van der Waals surface area contributed by atoms with Crippen molar-refractivity contribution in [2.24, 2.45) is 0 Å². The molecule has 0 saturated heterocycles. The number of rotatable bonds is 3. The molecule has 0 aliphatic heterocycles. The Bertz CT molecular complexity index is 653. The molecule has 20 heavy (non-hydrogen) atoms. The number of nitrogens with zero attached hydrogens (tertiary/aromatic N) is 2. The van der Waals surface area contributed by atoms with Gasteiger partial charge in [-0.25, -0.2) is 9.48 Å². The molecule has 0 aliphatic carbocycles. The van der Waals surface area contributed by atoms with Gasteiger partial charge in [0.25, 0.3) is 0 Å². The highest BCUT2D eigenvalue weighted by molar-refractivity contribution is 14.1. The number of carbonyl (C=O) groups excluding carboxylic acids is 1. The summed E-state index contributed by atoms with van der Waals surface area (Å²) in [6, 6.07) is 7.82. The average Bonchev–Trinajstić information content (AvgIpc) is 2.75. The molecule has 0 amide bonds. The van der Waals surface area contributed by atoms with Crippen LogP contribution in [-0.4, -0.2) is 22.9 Å². The third kappa shape index (κ3) is 2.90. The Balaban J connectivity index is 2.66. The van der Waals surface area contributed by atoms with Gasteiger partial charge in [0.15, 0.2) is 5.69 Å². The fourth-order valence-corrected chi connectivity index (χ4v) is 3.51. The van der Waals surface area contributed by atoms with Gasteiger partial charge in [0.1, 0.15) is 0 Å². The van der Waals surface area contributed by atoms with Crippen LogP contribution >= 0.6 is 38.5 Å². The predicted octanol–water partition coefficient (Wildman–Crippen LogP) is 4.15. The standard InChI is InChI=1S/C14H14BrIN2O2/c1-8(2)13-11(16)12(14(19)20-3)17-18(13)10-6-4-5-9(15)7-10/h4-8H,1-3H3. The lowest BCUT2D eigenvalue weighted by atomic mass is 10.1. The number of esters is 1. The van der Waals surface area contributed by atoms with Gasteiger partial charge in [0.05, 0.1) is 22.1 Å². The maximum absolute atomic E-state index is 11.8. The van der Waals surface area contributed by atoms with E-state index in [1.807, 2.05) is 28.9 Å². The van der Waals surface area contributed by atoms with Crippen LogP contribution in [-0.2, 0) is 4.74 Å². The molecule has 1 aromatic heterocycles. The van der Waals surface area contributed by atoms with Gasteiger partial charge in [-0.2, -0.15) is 5.10 Å². The van der Waals surface area contributed by atoms with Crippen LogP contribution in [0.1, 0.15) is 35.9 Å². The maximum Gasteiger partial charge on any atom is 0.359 e. The molecule has 1 aromatic carbocycles. The van der Waals surface area contributed by atoms with Gasteiger partial charge in [0.2, 0.25) is 0 Å². The Kier molecular flexibility index (Phi) is 4.85. The minimum absolute atomic E-state index is 0.242. The van der Waals surface area contributed by atoms with Crippen LogP contribution in [0.15, 0.2) is 28.7 Å². The second kappa shape index (κ2) is 6.26. The van der Waals surface area contributed by atoms with Crippen LogP contribution in [0.25, 0.3) is 5.69 Å². The lowest BCUT2D eigenvalue weighted by molar-refractivity contribution is 0.0592. The van der Waals surface area contributed by atoms with Crippen molar-refractivity contribution in [3.8, 4) is 5.69 Å². The van der Waals surface area contributed by atoms with Gasteiger partial charge < -0.3 is 4.74 Å². The van der Waals surface area contributed by atoms with Gasteiger partial charge in [-0.15, -0.1) is 0 Å². The van der Waals surface area contributed by atoms with Crippen LogP contribution in [0, 0.1) is 3.57 Å². The number of halogens is 2. The van der Waals surface area contributed by atoms with E-state index in [0.717, 1.165) is 19.4 Å². The number of hydrogen-bond acceptors (Lipinski definition) is 3. The van der Waals surface area contributed by atoms with E-state index in [-0.39, 0.29) is 5.92 Å². The van der Waals surface area contributed by atoms with Gasteiger partial charge in [0, 0.05) is 4.47 Å². The third-order valence-corrected chi connectivity index (χ3v) is 4.40. The molecule has 0 N–H and O–H groups in total. The maximum atomic E-state index is 11.8. The zero-order valence-electron chi connectivity index (χ0n) is 11.4. The van der Waals surface area contributed by atoms with E-state index in [0.29, 0.717) is 5.69 Å². The van der Waals surface area contributed by atoms with E-state index in [9.17, 15) is 4.79 Å². The van der Waals surface area contributed by atoms with Crippen LogP contribution < -0.4 is 0 Å². The summed E-state index contributed by atoms with van der Waals surface area (Å²) in [7, 11) is 1.37. The summed E-state index contributed by atoms with van der Waals surface area (Å²) in [4.78, 5) is 11.8. The summed E-state index contributed by atoms with van der Waals surface area (Å²) in [6.45, 7) is 4.16. The Morgan fingerprint density at radius 1 is 1.45 bits per heavy atom. The van der Waals surface area contributed by atoms with E-state index >= 15 is 0 Å². The quantitative estimate of drug-likeness (QED) is 0.523. The Labute approximate surface area is 139 Å². The van der Waals surface area contributed by atoms with Crippen LogP contribution in [0.5, 0.6) is 0 Å². The molecule has 0 aliphatic rings. The molecule has 106 valence electrons. The fraction of sp³-hybridized carbons (Fsp3) is 0.286. The van der Waals surface area contributed by atoms with Crippen molar-refractivity contribution in [2.45, 2.75) is 19.8 Å². The number of benzene rings is 1. The van der Waals surface area contributed by atoms with E-state index in [1.54, 1.807) is 0 Å². The Hall–Kier alpha value is -0.890. The Morgan fingerprint density at radius 3 is 2.70 bits per heavy atom. The molecule has 0 radical (unpaired) electrons. The summed E-state index contributed by atoms with van der Waals surface area (Å²) in [5, 5.41) is 4.43. The minimum atomic E-state index is -0.412. The lowest BCUT2D eigenvalue weighted by Crippen LogP contribution is -2.05. The molecule has 0 atom stereocenters. The smallest absolute Gasteiger partial charge is 0.359 e. The van der Waals surface area contributed by atoms with Crippen molar-refractivity contribution in [2.75, 3.05) is 7.11 Å². The normalized spacial score (nSPS) is 10.9. The molecule has 6 heteroatoms. The van der Waals surface area contributed by atoms with Gasteiger partial charge >= 0.3 is 5.97 Å². The lowest BCUT2D eigenvalue weighted by Gasteiger charge is -2.11. The molecule has 0 spiro atoms. The molecule has 2 aromatic rings. The summed E-state index contributed by atoms with van der Waals surface area (Å²) in [6.07, 6.45) is 0. The number of hydrogen-bond donors (Lipinski definition) is 0. The van der Waals surface area contributed by atoms with E-state index < -0.39 is 5.97 Å². The van der Waals surface area contributed by atoms with Crippen molar-refractivity contribution in [1.29, 1.82) is 0 Å². The van der Waals surface area contributed by atoms with Crippen molar-refractivity contribution in [1.82, 2.24) is 9.78 Å². The highest BCUT2D eigenvalue weighted by atomic mass is 127. The second-order valence-corrected chi connectivity index (χ2v) is 6.58. The summed E-state index contributed by atoms with van der Waals surface area (Å²) in [5.74, 6) is -0.170. The van der Waals surface area contributed by atoms with E-state index in [4.69, 9.17) is 4.74 Å². The molecule has 4 nitrogen and oxygen atoms in total. The first-order valence-corrected chi connectivity index (χ1v) is 7.95. The number of aromatic nitrogens is 2. The number of ether oxygens (including phenoxy) is 1. The first-order chi connectivity index (χ1) is 9.45. The van der Waals surface area contributed by atoms with Crippen LogP contribution in [0.3, 0.4) is 0 Å². The van der Waals surface area contributed by atoms with E-state index in [1.165, 1.54) is 7.11 Å². The minimum Gasteiger partial charge on any atom is -0.464 e. The summed E-state index contributed by atoms with van der Waals surface area (Å²) < 4.78 is 8.41. The van der Waals surface area contributed by atoms with Crippen molar-refractivity contribution >= 4 is 44.5 Å². The monoisotopic (exact) mass is 448 g/mol. The Morgan fingerprint density at radius 2 is 2.15 bits per heavy atom. The molecule has 2 rings (SSSR count). The molecule has 0 unspecified atom stereocenters. The van der Waals surface area contributed by atoms with Crippen molar-refractivity contribution < 1.29 is 9.53 Å². The van der Waals surface area contributed by atoms with Gasteiger partial charge in [-0.1, -0.05) is 35.8 Å².